The summed E-state index contributed by atoms with van der Waals surface area (Å²) in [5, 5.41) is 6.89. The molecule has 27 heavy (non-hydrogen) atoms. The maximum absolute atomic E-state index is 13.9. The Labute approximate surface area is 156 Å². The summed E-state index contributed by atoms with van der Waals surface area (Å²) in [6, 6.07) is 5.00. The van der Waals surface area contributed by atoms with Gasteiger partial charge in [0.05, 0.1) is 19.0 Å². The van der Waals surface area contributed by atoms with Gasteiger partial charge < -0.3 is 19.6 Å². The molecule has 0 aromatic carbocycles. The number of hydrogen-bond donors (Lipinski definition) is 1. The highest BCUT2D eigenvalue weighted by Gasteiger charge is 2.22. The van der Waals surface area contributed by atoms with Crippen molar-refractivity contribution < 1.29 is 23.8 Å². The number of methoxy groups -OCH3 is 1. The van der Waals surface area contributed by atoms with Crippen LogP contribution in [-0.4, -0.2) is 65.6 Å². The van der Waals surface area contributed by atoms with Gasteiger partial charge in [-0.05, 0) is 18.6 Å². The Kier molecular flexibility index (Phi) is 7.48. The van der Waals surface area contributed by atoms with Crippen molar-refractivity contribution in [3.63, 3.8) is 0 Å². The SMILES string of the molecule is COc1ccnc(C(=O)N2CCCN(c3ccncc3F)CC2)c1.O=CO. The Balaban J connectivity index is 0.000000817. The minimum atomic E-state index is -0.341. The number of pyridine rings is 2. The molecule has 0 atom stereocenters. The van der Waals surface area contributed by atoms with Crippen molar-refractivity contribution in [1.29, 1.82) is 0 Å². The predicted molar refractivity (Wildman–Crippen MR) is 96.4 cm³/mol. The lowest BCUT2D eigenvalue weighted by Crippen LogP contribution is -2.35. The summed E-state index contributed by atoms with van der Waals surface area (Å²) in [6.45, 7) is 2.13. The molecule has 8 nitrogen and oxygen atoms in total. The van der Waals surface area contributed by atoms with Crippen LogP contribution in [0.1, 0.15) is 16.9 Å². The largest absolute Gasteiger partial charge is 0.497 e. The molecule has 1 N–H and O–H groups in total. The molecule has 1 amide bonds. The lowest BCUT2D eigenvalue weighted by Gasteiger charge is -2.23. The Hall–Kier alpha value is -3.23. The van der Waals surface area contributed by atoms with Crippen molar-refractivity contribution in [3.8, 4) is 5.75 Å². The topological polar surface area (TPSA) is 95.9 Å². The van der Waals surface area contributed by atoms with Gasteiger partial charge in [0, 0.05) is 44.6 Å². The van der Waals surface area contributed by atoms with Crippen LogP contribution in [0.25, 0.3) is 0 Å². The second-order valence-electron chi connectivity index (χ2n) is 5.65. The van der Waals surface area contributed by atoms with Crippen LogP contribution < -0.4 is 9.64 Å². The van der Waals surface area contributed by atoms with Gasteiger partial charge in [0.1, 0.15) is 11.4 Å². The lowest BCUT2D eigenvalue weighted by atomic mass is 10.3. The molecule has 3 rings (SSSR count). The highest BCUT2D eigenvalue weighted by atomic mass is 19.1. The van der Waals surface area contributed by atoms with E-state index in [9.17, 15) is 9.18 Å². The minimum Gasteiger partial charge on any atom is -0.497 e. The highest BCUT2D eigenvalue weighted by molar-refractivity contribution is 5.92. The van der Waals surface area contributed by atoms with Crippen LogP contribution in [0.15, 0.2) is 36.8 Å². The molecule has 2 aromatic rings. The monoisotopic (exact) mass is 376 g/mol. The zero-order chi connectivity index (χ0) is 19.6. The number of carboxylic acid groups (broad SMARTS) is 1. The minimum absolute atomic E-state index is 0.133. The van der Waals surface area contributed by atoms with Gasteiger partial charge in [0.15, 0.2) is 5.82 Å². The number of nitrogens with zero attached hydrogens (tertiary/aromatic N) is 4. The standard InChI is InChI=1S/C17H19FN4O2.CH2O2/c1-24-13-3-6-20-15(11-13)17(23)22-8-2-7-21(9-10-22)16-4-5-19-12-14(16)18;2-1-3/h3-6,11-12H,2,7-10H2,1H3;1H,(H,2,3). The molecule has 9 heteroatoms. The summed E-state index contributed by atoms with van der Waals surface area (Å²) < 4.78 is 19.0. The van der Waals surface area contributed by atoms with Crippen molar-refractivity contribution in [2.75, 3.05) is 38.2 Å². The third-order valence-corrected chi connectivity index (χ3v) is 4.06. The number of rotatable bonds is 3. The maximum atomic E-state index is 13.9. The lowest BCUT2D eigenvalue weighted by molar-refractivity contribution is -0.122. The van der Waals surface area contributed by atoms with E-state index in [-0.39, 0.29) is 18.2 Å². The third kappa shape index (κ3) is 5.37. The number of carbonyl (C=O) groups excluding carboxylic acids is 1. The second kappa shape index (κ2) is 10.0. The van der Waals surface area contributed by atoms with Crippen molar-refractivity contribution in [2.45, 2.75) is 6.42 Å². The van der Waals surface area contributed by atoms with E-state index >= 15 is 0 Å². The highest BCUT2D eigenvalue weighted by Crippen LogP contribution is 2.20. The Bertz CT molecular complexity index is 775. The number of aromatic nitrogens is 2. The number of carbonyl (C=O) groups is 2. The molecule has 144 valence electrons. The molecule has 2 aromatic heterocycles. The van der Waals surface area contributed by atoms with Gasteiger partial charge in [-0.25, -0.2) is 4.39 Å². The fourth-order valence-corrected chi connectivity index (χ4v) is 2.80. The molecule has 0 bridgehead atoms. The number of hydrogen-bond acceptors (Lipinski definition) is 6. The number of amides is 1. The molecule has 3 heterocycles. The zero-order valence-corrected chi connectivity index (χ0v) is 14.9. The quantitative estimate of drug-likeness (QED) is 0.814. The molecular formula is C18H21FN4O4. The van der Waals surface area contributed by atoms with Gasteiger partial charge in [0.2, 0.25) is 0 Å². The Morgan fingerprint density at radius 3 is 2.74 bits per heavy atom. The summed E-state index contributed by atoms with van der Waals surface area (Å²) in [4.78, 5) is 32.6. The first-order valence-electron chi connectivity index (χ1n) is 8.32. The van der Waals surface area contributed by atoms with E-state index in [1.807, 2.05) is 4.90 Å². The molecule has 0 spiro atoms. The normalized spacial score (nSPS) is 13.9. The molecule has 1 aliphatic heterocycles. The van der Waals surface area contributed by atoms with Crippen molar-refractivity contribution in [2.24, 2.45) is 0 Å². The van der Waals surface area contributed by atoms with Crippen LogP contribution in [-0.2, 0) is 4.79 Å². The first-order valence-corrected chi connectivity index (χ1v) is 8.32. The number of anilines is 1. The molecule has 1 aliphatic rings. The summed E-state index contributed by atoms with van der Waals surface area (Å²) >= 11 is 0. The number of halogens is 1. The molecule has 0 unspecified atom stereocenters. The summed E-state index contributed by atoms with van der Waals surface area (Å²) in [5.74, 6) is 0.126. The van der Waals surface area contributed by atoms with Crippen LogP contribution in [0.5, 0.6) is 5.75 Å². The van der Waals surface area contributed by atoms with Gasteiger partial charge in [-0.1, -0.05) is 0 Å². The van der Waals surface area contributed by atoms with Crippen molar-refractivity contribution >= 4 is 18.1 Å². The first-order chi connectivity index (χ1) is 13.1. The van der Waals surface area contributed by atoms with Crippen molar-refractivity contribution in [3.05, 3.63) is 48.3 Å². The third-order valence-electron chi connectivity index (χ3n) is 4.06. The van der Waals surface area contributed by atoms with Crippen LogP contribution >= 0.6 is 0 Å². The van der Waals surface area contributed by atoms with Gasteiger partial charge in [-0.15, -0.1) is 0 Å². The Morgan fingerprint density at radius 2 is 2.04 bits per heavy atom. The van der Waals surface area contributed by atoms with Crippen LogP contribution in [0.2, 0.25) is 0 Å². The van der Waals surface area contributed by atoms with Gasteiger partial charge in [-0.2, -0.15) is 0 Å². The van der Waals surface area contributed by atoms with Crippen LogP contribution in [0.3, 0.4) is 0 Å². The second-order valence-corrected chi connectivity index (χ2v) is 5.65. The molecule has 0 aliphatic carbocycles. The molecule has 1 saturated heterocycles. The molecule has 0 saturated carbocycles. The summed E-state index contributed by atoms with van der Waals surface area (Å²) in [6.07, 6.45) is 5.11. The van der Waals surface area contributed by atoms with E-state index in [0.29, 0.717) is 43.3 Å². The van der Waals surface area contributed by atoms with E-state index in [1.165, 1.54) is 6.20 Å². The Morgan fingerprint density at radius 1 is 1.26 bits per heavy atom. The average molecular weight is 376 g/mol. The maximum Gasteiger partial charge on any atom is 0.290 e. The van der Waals surface area contributed by atoms with Crippen LogP contribution in [0, 0.1) is 5.82 Å². The predicted octanol–water partition coefficient (Wildman–Crippen LogP) is 1.68. The number of ether oxygens (including phenoxy) is 1. The van der Waals surface area contributed by atoms with Gasteiger partial charge in [0.25, 0.3) is 12.4 Å². The first kappa shape index (κ1) is 20.1. The van der Waals surface area contributed by atoms with Crippen molar-refractivity contribution in [1.82, 2.24) is 14.9 Å². The fraction of sp³-hybridized carbons (Fsp3) is 0.333. The van der Waals surface area contributed by atoms with E-state index in [2.05, 4.69) is 9.97 Å². The zero-order valence-electron chi connectivity index (χ0n) is 14.9. The van der Waals surface area contributed by atoms with E-state index in [1.54, 1.807) is 42.6 Å². The van der Waals surface area contributed by atoms with E-state index in [4.69, 9.17) is 14.6 Å². The average Bonchev–Trinajstić information content (AvgIpc) is 2.94. The van der Waals surface area contributed by atoms with E-state index < -0.39 is 0 Å². The van der Waals surface area contributed by atoms with E-state index in [0.717, 1.165) is 6.42 Å². The molecule has 0 radical (unpaired) electrons. The summed E-state index contributed by atoms with van der Waals surface area (Å²) in [7, 11) is 1.55. The molecular weight excluding hydrogens is 355 g/mol. The fourth-order valence-electron chi connectivity index (χ4n) is 2.80. The summed E-state index contributed by atoms with van der Waals surface area (Å²) in [5.41, 5.74) is 0.886. The molecule has 1 fully saturated rings. The van der Waals surface area contributed by atoms with Crippen LogP contribution in [0.4, 0.5) is 10.1 Å². The smallest absolute Gasteiger partial charge is 0.290 e. The van der Waals surface area contributed by atoms with Gasteiger partial charge in [-0.3, -0.25) is 19.6 Å². The van der Waals surface area contributed by atoms with Gasteiger partial charge >= 0.3 is 0 Å².